The van der Waals surface area contributed by atoms with E-state index < -0.39 is 0 Å². The van der Waals surface area contributed by atoms with Crippen molar-refractivity contribution in [2.24, 2.45) is 0 Å². The molecule has 3 nitrogen and oxygen atoms in total. The molecule has 0 fully saturated rings. The average molecular weight is 255 g/mol. The maximum atomic E-state index is 5.97. The minimum atomic E-state index is -0.155. The first-order valence-corrected chi connectivity index (χ1v) is 6.07. The summed E-state index contributed by atoms with van der Waals surface area (Å²) < 4.78 is 5.18. The van der Waals surface area contributed by atoms with Gasteiger partial charge in [-0.15, -0.1) is 11.3 Å². The van der Waals surface area contributed by atoms with Crippen LogP contribution in [0.1, 0.15) is 18.9 Å². The van der Waals surface area contributed by atoms with Gasteiger partial charge in [-0.25, -0.2) is 9.97 Å². The lowest BCUT2D eigenvalue weighted by molar-refractivity contribution is 0.112. The molecular weight excluding hydrogens is 244 g/mol. The molecule has 2 aromatic heterocycles. The van der Waals surface area contributed by atoms with Crippen LogP contribution < -0.4 is 0 Å². The Bertz CT molecular complexity index is 473. The number of halogens is 1. The van der Waals surface area contributed by atoms with Gasteiger partial charge in [-0.1, -0.05) is 17.7 Å². The molecule has 0 aromatic carbocycles. The fourth-order valence-corrected chi connectivity index (χ4v) is 2.15. The number of ether oxygens (including phenoxy) is 1. The molecule has 0 aliphatic rings. The molecule has 84 valence electrons. The van der Waals surface area contributed by atoms with E-state index in [2.05, 4.69) is 9.97 Å². The summed E-state index contributed by atoms with van der Waals surface area (Å²) >= 11 is 7.59. The Kier molecular flexibility index (Phi) is 3.53. The van der Waals surface area contributed by atoms with Crippen LogP contribution >= 0.6 is 22.9 Å². The monoisotopic (exact) mass is 254 g/mol. The van der Waals surface area contributed by atoms with E-state index in [1.54, 1.807) is 24.5 Å². The van der Waals surface area contributed by atoms with E-state index >= 15 is 0 Å². The Morgan fingerprint density at radius 1 is 1.44 bits per heavy atom. The first-order chi connectivity index (χ1) is 7.70. The summed E-state index contributed by atoms with van der Waals surface area (Å²) in [6.07, 6.45) is -0.155. The lowest BCUT2D eigenvalue weighted by Crippen LogP contribution is -2.03. The number of rotatable bonds is 3. The topological polar surface area (TPSA) is 35.0 Å². The molecule has 5 heteroatoms. The van der Waals surface area contributed by atoms with Gasteiger partial charge in [0.05, 0.1) is 10.6 Å². The molecule has 0 unspecified atom stereocenters. The first-order valence-electron chi connectivity index (χ1n) is 4.82. The number of hydrogen-bond donors (Lipinski definition) is 0. The number of hydrogen-bond acceptors (Lipinski definition) is 4. The van der Waals surface area contributed by atoms with E-state index in [9.17, 15) is 0 Å². The highest BCUT2D eigenvalue weighted by atomic mass is 35.5. The standard InChI is InChI=1S/C11H11ClN2OS/c1-7(15-2)11-13-8(6-10(12)14-11)9-4-3-5-16-9/h3-7H,1-2H3/t7-/m0/s1. The van der Waals surface area contributed by atoms with Crippen LogP contribution in [0.3, 0.4) is 0 Å². The molecule has 0 saturated carbocycles. The summed E-state index contributed by atoms with van der Waals surface area (Å²) in [5.74, 6) is 0.610. The lowest BCUT2D eigenvalue weighted by Gasteiger charge is -2.09. The predicted octanol–water partition coefficient (Wildman–Crippen LogP) is 3.57. The second kappa shape index (κ2) is 4.91. The van der Waals surface area contributed by atoms with Crippen LogP contribution in [0, 0.1) is 0 Å². The zero-order valence-electron chi connectivity index (χ0n) is 8.98. The Hall–Kier alpha value is -0.970. The van der Waals surface area contributed by atoms with E-state index in [1.807, 2.05) is 24.4 Å². The molecular formula is C11H11ClN2OS. The second-order valence-corrected chi connectivity index (χ2v) is 4.62. The van der Waals surface area contributed by atoms with Gasteiger partial charge < -0.3 is 4.74 Å². The second-order valence-electron chi connectivity index (χ2n) is 3.29. The van der Waals surface area contributed by atoms with Crippen LogP contribution in [0.5, 0.6) is 0 Å². The summed E-state index contributed by atoms with van der Waals surface area (Å²) in [5.41, 5.74) is 0.842. The van der Waals surface area contributed by atoms with Crippen molar-refractivity contribution in [3.8, 4) is 10.6 Å². The van der Waals surface area contributed by atoms with E-state index in [4.69, 9.17) is 16.3 Å². The maximum Gasteiger partial charge on any atom is 0.159 e. The van der Waals surface area contributed by atoms with E-state index in [-0.39, 0.29) is 6.10 Å². The van der Waals surface area contributed by atoms with Gasteiger partial charge >= 0.3 is 0 Å². The van der Waals surface area contributed by atoms with Crippen molar-refractivity contribution in [3.05, 3.63) is 34.6 Å². The van der Waals surface area contributed by atoms with Crippen LogP contribution in [0.15, 0.2) is 23.6 Å². The van der Waals surface area contributed by atoms with Gasteiger partial charge in [-0.05, 0) is 18.4 Å². The Labute approximate surface area is 103 Å². The molecule has 0 amide bonds. The third-order valence-electron chi connectivity index (χ3n) is 2.20. The zero-order chi connectivity index (χ0) is 11.5. The molecule has 0 N–H and O–H groups in total. The lowest BCUT2D eigenvalue weighted by atomic mass is 10.3. The van der Waals surface area contributed by atoms with E-state index in [0.717, 1.165) is 10.6 Å². The van der Waals surface area contributed by atoms with Crippen molar-refractivity contribution in [2.75, 3.05) is 7.11 Å². The molecule has 16 heavy (non-hydrogen) atoms. The van der Waals surface area contributed by atoms with Gasteiger partial charge in [-0.3, -0.25) is 0 Å². The van der Waals surface area contributed by atoms with Crippen molar-refractivity contribution in [2.45, 2.75) is 13.0 Å². The third-order valence-corrected chi connectivity index (χ3v) is 3.29. The number of methoxy groups -OCH3 is 1. The maximum absolute atomic E-state index is 5.97. The van der Waals surface area contributed by atoms with Crippen molar-refractivity contribution >= 4 is 22.9 Å². The van der Waals surface area contributed by atoms with Crippen molar-refractivity contribution < 1.29 is 4.74 Å². The first kappa shape index (κ1) is 11.5. The molecule has 0 aliphatic heterocycles. The largest absolute Gasteiger partial charge is 0.374 e. The summed E-state index contributed by atoms with van der Waals surface area (Å²) in [5, 5.41) is 2.45. The highest BCUT2D eigenvalue weighted by Crippen LogP contribution is 2.26. The quantitative estimate of drug-likeness (QED) is 0.786. The van der Waals surface area contributed by atoms with Crippen LogP contribution in [-0.2, 0) is 4.74 Å². The summed E-state index contributed by atoms with van der Waals surface area (Å²) in [6.45, 7) is 1.89. The Morgan fingerprint density at radius 2 is 2.25 bits per heavy atom. The van der Waals surface area contributed by atoms with Crippen molar-refractivity contribution in [3.63, 3.8) is 0 Å². The molecule has 0 aliphatic carbocycles. The normalized spacial score (nSPS) is 12.7. The highest BCUT2D eigenvalue weighted by Gasteiger charge is 2.11. The molecule has 2 rings (SSSR count). The van der Waals surface area contributed by atoms with Crippen LogP contribution in [0.25, 0.3) is 10.6 Å². The van der Waals surface area contributed by atoms with Gasteiger partial charge in [0.1, 0.15) is 11.3 Å². The number of nitrogens with zero attached hydrogens (tertiary/aromatic N) is 2. The summed E-state index contributed by atoms with van der Waals surface area (Å²) in [6, 6.07) is 5.75. The average Bonchev–Trinajstić information content (AvgIpc) is 2.80. The SMILES string of the molecule is CO[C@@H](C)c1nc(Cl)cc(-c2cccs2)n1. The smallest absolute Gasteiger partial charge is 0.159 e. The van der Waals surface area contributed by atoms with Gasteiger partial charge in [-0.2, -0.15) is 0 Å². The number of thiophene rings is 1. The molecule has 0 saturated heterocycles. The Morgan fingerprint density at radius 3 is 2.88 bits per heavy atom. The summed E-state index contributed by atoms with van der Waals surface area (Å²) in [7, 11) is 1.62. The van der Waals surface area contributed by atoms with Gasteiger partial charge in [0.15, 0.2) is 5.82 Å². The Balaban J connectivity index is 2.44. The minimum absolute atomic E-state index is 0.155. The van der Waals surface area contributed by atoms with Crippen LogP contribution in [0.2, 0.25) is 5.15 Å². The molecule has 0 spiro atoms. The fourth-order valence-electron chi connectivity index (χ4n) is 1.27. The van der Waals surface area contributed by atoms with Crippen molar-refractivity contribution in [1.29, 1.82) is 0 Å². The summed E-state index contributed by atoms with van der Waals surface area (Å²) in [4.78, 5) is 9.66. The van der Waals surface area contributed by atoms with Gasteiger partial charge in [0.2, 0.25) is 0 Å². The van der Waals surface area contributed by atoms with E-state index in [1.165, 1.54) is 0 Å². The van der Waals surface area contributed by atoms with Crippen molar-refractivity contribution in [1.82, 2.24) is 9.97 Å². The van der Waals surface area contributed by atoms with Crippen LogP contribution in [-0.4, -0.2) is 17.1 Å². The molecule has 1 atom stereocenters. The molecule has 0 radical (unpaired) electrons. The van der Waals surface area contributed by atoms with Crippen LogP contribution in [0.4, 0.5) is 0 Å². The zero-order valence-corrected chi connectivity index (χ0v) is 10.5. The third kappa shape index (κ3) is 2.40. The van der Waals surface area contributed by atoms with E-state index in [0.29, 0.717) is 11.0 Å². The molecule has 2 heterocycles. The fraction of sp³-hybridized carbons (Fsp3) is 0.273. The molecule has 0 bridgehead atoms. The van der Waals surface area contributed by atoms with Gasteiger partial charge in [0.25, 0.3) is 0 Å². The minimum Gasteiger partial charge on any atom is -0.374 e. The molecule has 2 aromatic rings. The predicted molar refractivity (Wildman–Crippen MR) is 65.8 cm³/mol. The highest BCUT2D eigenvalue weighted by molar-refractivity contribution is 7.13. The number of aromatic nitrogens is 2. The van der Waals surface area contributed by atoms with Gasteiger partial charge in [0, 0.05) is 13.2 Å².